The Balaban J connectivity index is 0.00000178. The zero-order valence-electron chi connectivity index (χ0n) is 22.5. The molecule has 14 heteroatoms. The lowest BCUT2D eigenvalue weighted by atomic mass is 9.79. The molecule has 2 aromatic rings. The number of nitrogens with zero attached hydrogens (tertiary/aromatic N) is 2. The summed E-state index contributed by atoms with van der Waals surface area (Å²) in [6.45, 7) is 2.81. The first-order chi connectivity index (χ1) is 18.7. The van der Waals surface area contributed by atoms with Crippen LogP contribution in [0.15, 0.2) is 18.2 Å². The minimum Gasteiger partial charge on any atom is -0.434 e. The highest BCUT2D eigenvalue weighted by atomic mass is 32.1. The molecule has 1 aliphatic rings. The Bertz CT molecular complexity index is 1170. The van der Waals surface area contributed by atoms with Gasteiger partial charge in [0.2, 0.25) is 0 Å². The summed E-state index contributed by atoms with van der Waals surface area (Å²) in [6.07, 6.45) is -2.49. The molecule has 0 atom stereocenters. The predicted molar refractivity (Wildman–Crippen MR) is 138 cm³/mol. The molecular formula is C26H34F5N3O5S. The summed E-state index contributed by atoms with van der Waals surface area (Å²) in [6, 6.07) is 4.38. The van der Waals surface area contributed by atoms with E-state index in [9.17, 15) is 31.9 Å². The van der Waals surface area contributed by atoms with Crippen LogP contribution in [0.25, 0.3) is 11.3 Å². The minimum atomic E-state index is -4.30. The van der Waals surface area contributed by atoms with E-state index in [1.54, 1.807) is 19.9 Å². The van der Waals surface area contributed by atoms with Crippen LogP contribution in [0.4, 0.5) is 22.0 Å². The number of halogens is 5. The maximum atomic E-state index is 13.2. The summed E-state index contributed by atoms with van der Waals surface area (Å²) in [5.74, 6) is -0.158. The van der Waals surface area contributed by atoms with Crippen molar-refractivity contribution in [3.63, 3.8) is 0 Å². The van der Waals surface area contributed by atoms with Gasteiger partial charge in [-0.25, -0.2) is 0 Å². The molecule has 0 unspecified atom stereocenters. The van der Waals surface area contributed by atoms with Crippen molar-refractivity contribution in [3.8, 4) is 17.0 Å². The Hall–Kier alpha value is -2.87. The fourth-order valence-corrected chi connectivity index (χ4v) is 4.75. The first kappa shape index (κ1) is 33.3. The van der Waals surface area contributed by atoms with E-state index in [0.717, 1.165) is 12.8 Å². The number of aryl methyl sites for hydroxylation is 2. The molecule has 1 saturated carbocycles. The highest BCUT2D eigenvalue weighted by Gasteiger charge is 2.33. The van der Waals surface area contributed by atoms with Crippen LogP contribution in [0.1, 0.15) is 74.0 Å². The molecule has 0 aliphatic heterocycles. The second kappa shape index (κ2) is 14.7. The number of hydrogen-bond acceptors (Lipinski definition) is 6. The van der Waals surface area contributed by atoms with Gasteiger partial charge >= 0.3 is 24.4 Å². The molecule has 1 aromatic heterocycles. The number of aliphatic hydroxyl groups is 1. The summed E-state index contributed by atoms with van der Waals surface area (Å²) in [5, 5.41) is 17.9. The van der Waals surface area contributed by atoms with Gasteiger partial charge in [-0.1, -0.05) is 13.0 Å². The van der Waals surface area contributed by atoms with Gasteiger partial charge in [0.05, 0.1) is 11.3 Å². The zero-order chi connectivity index (χ0) is 30.1. The van der Waals surface area contributed by atoms with Gasteiger partial charge < -0.3 is 15.2 Å². The van der Waals surface area contributed by atoms with E-state index in [2.05, 4.69) is 17.3 Å². The van der Waals surface area contributed by atoms with Crippen LogP contribution in [-0.2, 0) is 24.5 Å². The minimum absolute atomic E-state index is 0.0424. The summed E-state index contributed by atoms with van der Waals surface area (Å²) >= 11 is -0.750. The van der Waals surface area contributed by atoms with Gasteiger partial charge in [0.25, 0.3) is 5.91 Å². The molecule has 0 bridgehead atoms. The standard InChI is InChI=1S/C26H34F5N3O3.O2S/c1-4-34-22(17(3)21(33-34)23(35)32-15-25(36)12-9-16(2)10-13-25)19-8-7-18(6-5-11-26(29,30)31)14-20(19)37-24(27)28;1-3-2/h7-8,14,16,24,36H,4-6,9-13,15H2,1-3H3,(H,32,35);. The van der Waals surface area contributed by atoms with Crippen molar-refractivity contribution in [2.45, 2.75) is 90.7 Å². The molecule has 3 rings (SSSR count). The lowest BCUT2D eigenvalue weighted by molar-refractivity contribution is -0.135. The Morgan fingerprint density at radius 2 is 1.90 bits per heavy atom. The van der Waals surface area contributed by atoms with Crippen molar-refractivity contribution in [1.29, 1.82) is 0 Å². The highest BCUT2D eigenvalue weighted by molar-refractivity contribution is 7.51. The smallest absolute Gasteiger partial charge is 0.389 e. The fourth-order valence-electron chi connectivity index (χ4n) is 4.75. The molecule has 224 valence electrons. The van der Waals surface area contributed by atoms with Crippen molar-refractivity contribution in [1.82, 2.24) is 15.1 Å². The lowest BCUT2D eigenvalue weighted by Gasteiger charge is -2.34. The first-order valence-electron chi connectivity index (χ1n) is 12.9. The van der Waals surface area contributed by atoms with Gasteiger partial charge in [-0.05, 0) is 76.0 Å². The van der Waals surface area contributed by atoms with Crippen LogP contribution < -0.4 is 10.1 Å². The van der Waals surface area contributed by atoms with Crippen LogP contribution in [0.2, 0.25) is 0 Å². The third-order valence-corrected chi connectivity index (χ3v) is 6.93. The molecule has 1 heterocycles. The number of benzene rings is 1. The number of carbonyl (C=O) groups is 1. The maximum Gasteiger partial charge on any atom is 0.389 e. The topological polar surface area (TPSA) is 111 Å². The number of hydrogen-bond donors (Lipinski definition) is 2. The van der Waals surface area contributed by atoms with Crippen LogP contribution in [-0.4, -0.2) is 54.1 Å². The summed E-state index contributed by atoms with van der Waals surface area (Å²) < 4.78 is 86.8. The van der Waals surface area contributed by atoms with Crippen molar-refractivity contribution in [3.05, 3.63) is 35.0 Å². The summed E-state index contributed by atoms with van der Waals surface area (Å²) in [4.78, 5) is 13.0. The average molecular weight is 596 g/mol. The highest BCUT2D eigenvalue weighted by Crippen LogP contribution is 2.36. The summed E-state index contributed by atoms with van der Waals surface area (Å²) in [7, 11) is 0. The second-order valence-corrected chi connectivity index (χ2v) is 10.1. The molecule has 40 heavy (non-hydrogen) atoms. The van der Waals surface area contributed by atoms with Crippen LogP contribution in [0.3, 0.4) is 0 Å². The van der Waals surface area contributed by atoms with Gasteiger partial charge in [-0.3, -0.25) is 9.48 Å². The number of carbonyl (C=O) groups excluding carboxylic acids is 1. The number of alkyl halides is 5. The Labute approximate surface area is 232 Å². The van der Waals surface area contributed by atoms with Crippen molar-refractivity contribution < 1.29 is 45.0 Å². The van der Waals surface area contributed by atoms with Crippen molar-refractivity contribution in [2.24, 2.45) is 5.92 Å². The molecule has 1 aliphatic carbocycles. The number of rotatable bonds is 10. The Morgan fingerprint density at radius 1 is 1.27 bits per heavy atom. The number of aromatic nitrogens is 2. The van der Waals surface area contributed by atoms with Crippen LogP contribution in [0.5, 0.6) is 5.75 Å². The van der Waals surface area contributed by atoms with Gasteiger partial charge in [-0.15, -0.1) is 0 Å². The van der Waals surface area contributed by atoms with E-state index in [1.807, 2.05) is 0 Å². The molecule has 0 saturated heterocycles. The quantitative estimate of drug-likeness (QED) is 0.358. The molecule has 0 radical (unpaired) electrons. The van der Waals surface area contributed by atoms with E-state index < -0.39 is 42.3 Å². The predicted octanol–water partition coefficient (Wildman–Crippen LogP) is 5.37. The number of ether oxygens (including phenoxy) is 1. The average Bonchev–Trinajstić information content (AvgIpc) is 3.20. The maximum absolute atomic E-state index is 13.2. The lowest BCUT2D eigenvalue weighted by Crippen LogP contribution is -2.45. The third kappa shape index (κ3) is 9.65. The van der Waals surface area contributed by atoms with E-state index >= 15 is 0 Å². The van der Waals surface area contributed by atoms with E-state index in [-0.39, 0.29) is 36.4 Å². The monoisotopic (exact) mass is 595 g/mol. The molecule has 8 nitrogen and oxygen atoms in total. The number of amides is 1. The van der Waals surface area contributed by atoms with Gasteiger partial charge in [0, 0.05) is 30.6 Å². The molecule has 1 aromatic carbocycles. The van der Waals surface area contributed by atoms with Gasteiger partial charge in [0.1, 0.15) is 5.75 Å². The van der Waals surface area contributed by atoms with E-state index in [0.29, 0.717) is 42.1 Å². The Morgan fingerprint density at radius 3 is 2.45 bits per heavy atom. The van der Waals surface area contributed by atoms with Crippen molar-refractivity contribution >= 4 is 17.5 Å². The molecular weight excluding hydrogens is 561 g/mol. The van der Waals surface area contributed by atoms with Crippen LogP contribution >= 0.6 is 0 Å². The molecule has 0 spiro atoms. The zero-order valence-corrected chi connectivity index (χ0v) is 23.3. The molecule has 1 fully saturated rings. The normalized spacial score (nSPS) is 19.1. The second-order valence-electron chi connectivity index (χ2n) is 9.97. The van der Waals surface area contributed by atoms with Gasteiger partial charge in [0.15, 0.2) is 5.69 Å². The van der Waals surface area contributed by atoms with Crippen LogP contribution in [0, 0.1) is 12.8 Å². The fraction of sp³-hybridized carbons (Fsp3) is 0.615. The first-order valence-corrected chi connectivity index (χ1v) is 13.5. The Kier molecular flexibility index (Phi) is 12.2. The summed E-state index contributed by atoms with van der Waals surface area (Å²) in [5.41, 5.74) is 0.638. The van der Waals surface area contributed by atoms with Gasteiger partial charge in [-0.2, -0.15) is 35.5 Å². The number of nitrogens with one attached hydrogen (secondary N) is 1. The van der Waals surface area contributed by atoms with E-state index in [1.165, 1.54) is 16.8 Å². The SMILES string of the molecule is CCn1nc(C(=O)NCC2(O)CCC(C)CC2)c(C)c1-c1ccc(CCCC(F)(F)F)cc1OC(F)F.O=S=O. The third-order valence-electron chi connectivity index (χ3n) is 6.93. The largest absolute Gasteiger partial charge is 0.434 e. The van der Waals surface area contributed by atoms with Crippen molar-refractivity contribution in [2.75, 3.05) is 6.54 Å². The molecule has 1 amide bonds. The molecule has 2 N–H and O–H groups in total. The van der Waals surface area contributed by atoms with E-state index in [4.69, 9.17) is 13.2 Å².